The van der Waals surface area contributed by atoms with Crippen molar-refractivity contribution < 1.29 is 5.11 Å². The van der Waals surface area contributed by atoms with Crippen molar-refractivity contribution in [3.8, 4) is 0 Å². The van der Waals surface area contributed by atoms with Gasteiger partial charge in [0.05, 0.1) is 0 Å². The maximum Gasteiger partial charge on any atom is 0.102 e. The van der Waals surface area contributed by atoms with E-state index < -0.39 is 0 Å². The first kappa shape index (κ1) is 10.0. The van der Waals surface area contributed by atoms with Crippen LogP contribution in [0.1, 0.15) is 40.0 Å². The molecule has 1 aliphatic rings. The van der Waals surface area contributed by atoms with Crippen molar-refractivity contribution in [1.29, 1.82) is 0 Å². The summed E-state index contributed by atoms with van der Waals surface area (Å²) in [7, 11) is 0. The summed E-state index contributed by atoms with van der Waals surface area (Å²) in [5.41, 5.74) is 0. The fourth-order valence-corrected chi connectivity index (χ4v) is 1.95. The molecule has 0 spiro atoms. The number of rotatable bonds is 5. The number of aliphatic hydroxyl groups is 1. The highest BCUT2D eigenvalue weighted by Gasteiger charge is 2.38. The van der Waals surface area contributed by atoms with E-state index >= 15 is 0 Å². The molecule has 0 heterocycles. The second kappa shape index (κ2) is 4.24. The van der Waals surface area contributed by atoms with E-state index in [1.54, 1.807) is 6.92 Å². The van der Waals surface area contributed by atoms with Crippen molar-refractivity contribution in [2.75, 3.05) is 0 Å². The molecule has 1 rings (SSSR count). The van der Waals surface area contributed by atoms with Crippen LogP contribution in [0.25, 0.3) is 0 Å². The van der Waals surface area contributed by atoms with Crippen molar-refractivity contribution in [2.24, 2.45) is 11.8 Å². The largest absolute Gasteiger partial charge is 0.379 e. The third-order valence-electron chi connectivity index (χ3n) is 2.74. The van der Waals surface area contributed by atoms with Crippen LogP contribution in [0.4, 0.5) is 0 Å². The summed E-state index contributed by atoms with van der Waals surface area (Å²) in [6, 6.07) is 0.546. The summed E-state index contributed by atoms with van der Waals surface area (Å²) in [4.78, 5) is 0. The van der Waals surface area contributed by atoms with E-state index in [0.29, 0.717) is 6.04 Å². The molecule has 0 aromatic rings. The zero-order chi connectivity index (χ0) is 9.14. The summed E-state index contributed by atoms with van der Waals surface area (Å²) < 4.78 is 0. The summed E-state index contributed by atoms with van der Waals surface area (Å²) in [5.74, 6) is 1.69. The number of aliphatic hydroxyl groups excluding tert-OH is 1. The van der Waals surface area contributed by atoms with E-state index in [1.165, 1.54) is 19.3 Å². The highest BCUT2D eigenvalue weighted by Crippen LogP contribution is 2.41. The van der Waals surface area contributed by atoms with E-state index in [2.05, 4.69) is 19.2 Å². The van der Waals surface area contributed by atoms with Gasteiger partial charge in [-0.05, 0) is 31.6 Å². The van der Waals surface area contributed by atoms with Crippen LogP contribution in [0.15, 0.2) is 0 Å². The molecule has 1 saturated carbocycles. The predicted molar refractivity (Wildman–Crippen MR) is 50.8 cm³/mol. The molecule has 0 aromatic heterocycles. The minimum Gasteiger partial charge on any atom is -0.379 e. The third kappa shape index (κ3) is 2.76. The Balaban J connectivity index is 2.28. The van der Waals surface area contributed by atoms with Crippen LogP contribution in [0.2, 0.25) is 0 Å². The molecule has 1 fully saturated rings. The quantitative estimate of drug-likeness (QED) is 0.618. The fourth-order valence-electron chi connectivity index (χ4n) is 1.95. The molecule has 0 radical (unpaired) electrons. The van der Waals surface area contributed by atoms with Gasteiger partial charge < -0.3 is 5.11 Å². The first-order valence-electron chi connectivity index (χ1n) is 5.09. The maximum atomic E-state index is 9.20. The zero-order valence-corrected chi connectivity index (χ0v) is 8.38. The van der Waals surface area contributed by atoms with Crippen molar-refractivity contribution in [3.63, 3.8) is 0 Å². The molecule has 12 heavy (non-hydrogen) atoms. The third-order valence-corrected chi connectivity index (χ3v) is 2.74. The van der Waals surface area contributed by atoms with Crippen LogP contribution in [0.5, 0.6) is 0 Å². The molecule has 0 amide bonds. The van der Waals surface area contributed by atoms with Crippen LogP contribution < -0.4 is 5.32 Å². The second-order valence-electron chi connectivity index (χ2n) is 4.11. The second-order valence-corrected chi connectivity index (χ2v) is 4.11. The van der Waals surface area contributed by atoms with E-state index in [4.69, 9.17) is 0 Å². The summed E-state index contributed by atoms with van der Waals surface area (Å²) >= 11 is 0. The number of hydrogen-bond acceptors (Lipinski definition) is 2. The Kier molecular flexibility index (Phi) is 3.53. The Morgan fingerprint density at radius 2 is 2.17 bits per heavy atom. The van der Waals surface area contributed by atoms with E-state index in [1.807, 2.05) is 0 Å². The lowest BCUT2D eigenvalue weighted by atomic mass is 10.1. The van der Waals surface area contributed by atoms with Gasteiger partial charge in [0.1, 0.15) is 6.23 Å². The van der Waals surface area contributed by atoms with Crippen molar-refractivity contribution in [3.05, 3.63) is 0 Å². The van der Waals surface area contributed by atoms with Crippen LogP contribution in [0, 0.1) is 11.8 Å². The average molecular weight is 171 g/mol. The molecule has 0 aromatic carbocycles. The zero-order valence-electron chi connectivity index (χ0n) is 8.38. The Labute approximate surface area is 75.4 Å². The fraction of sp³-hybridized carbons (Fsp3) is 1.00. The molecule has 4 unspecified atom stereocenters. The topological polar surface area (TPSA) is 32.3 Å². The standard InChI is InChI=1S/C10H21NO/c1-4-5-10(11-8(3)12)9-6-7(9)2/h7-12H,4-6H2,1-3H3. The smallest absolute Gasteiger partial charge is 0.102 e. The van der Waals surface area contributed by atoms with Crippen LogP contribution in [0.3, 0.4) is 0 Å². The Morgan fingerprint density at radius 3 is 2.50 bits per heavy atom. The van der Waals surface area contributed by atoms with Gasteiger partial charge in [-0.1, -0.05) is 20.3 Å². The molecule has 0 bridgehead atoms. The normalized spacial score (nSPS) is 33.0. The highest BCUT2D eigenvalue weighted by atomic mass is 16.3. The van der Waals surface area contributed by atoms with Crippen LogP contribution in [-0.4, -0.2) is 17.4 Å². The first-order chi connectivity index (χ1) is 5.65. The monoisotopic (exact) mass is 171 g/mol. The Hall–Kier alpha value is -0.0800. The Morgan fingerprint density at radius 1 is 1.58 bits per heavy atom. The van der Waals surface area contributed by atoms with Gasteiger partial charge in [-0.2, -0.15) is 0 Å². The van der Waals surface area contributed by atoms with Gasteiger partial charge in [0.25, 0.3) is 0 Å². The van der Waals surface area contributed by atoms with E-state index in [0.717, 1.165) is 11.8 Å². The highest BCUT2D eigenvalue weighted by molar-refractivity contribution is 4.92. The SMILES string of the molecule is CCCC(NC(C)O)C1CC1C. The molecule has 1 aliphatic carbocycles. The molecule has 2 N–H and O–H groups in total. The molecule has 0 aliphatic heterocycles. The van der Waals surface area contributed by atoms with Gasteiger partial charge >= 0.3 is 0 Å². The van der Waals surface area contributed by atoms with Gasteiger partial charge in [0, 0.05) is 6.04 Å². The summed E-state index contributed by atoms with van der Waals surface area (Å²) in [5, 5.41) is 12.4. The van der Waals surface area contributed by atoms with Gasteiger partial charge in [-0.25, -0.2) is 0 Å². The molecule has 2 nitrogen and oxygen atoms in total. The van der Waals surface area contributed by atoms with Gasteiger partial charge in [0.2, 0.25) is 0 Å². The minimum atomic E-state index is -0.352. The van der Waals surface area contributed by atoms with Crippen molar-refractivity contribution >= 4 is 0 Å². The number of hydrogen-bond donors (Lipinski definition) is 2. The first-order valence-corrected chi connectivity index (χ1v) is 5.09. The van der Waals surface area contributed by atoms with Gasteiger partial charge in [-0.15, -0.1) is 0 Å². The summed E-state index contributed by atoms with van der Waals surface area (Å²) in [6.07, 6.45) is 3.38. The predicted octanol–water partition coefficient (Wildman–Crippen LogP) is 1.74. The van der Waals surface area contributed by atoms with Crippen molar-refractivity contribution in [2.45, 2.75) is 52.3 Å². The minimum absolute atomic E-state index is 0.352. The number of nitrogens with one attached hydrogen (secondary N) is 1. The molecule has 4 atom stereocenters. The Bertz CT molecular complexity index is 136. The average Bonchev–Trinajstić information content (AvgIpc) is 2.65. The molecule has 0 saturated heterocycles. The van der Waals surface area contributed by atoms with E-state index in [9.17, 15) is 5.11 Å². The lowest BCUT2D eigenvalue weighted by Crippen LogP contribution is -2.38. The molecule has 2 heteroatoms. The van der Waals surface area contributed by atoms with Crippen LogP contribution in [-0.2, 0) is 0 Å². The molecular weight excluding hydrogens is 150 g/mol. The van der Waals surface area contributed by atoms with E-state index in [-0.39, 0.29) is 6.23 Å². The molecule has 72 valence electrons. The lowest BCUT2D eigenvalue weighted by Gasteiger charge is -2.19. The van der Waals surface area contributed by atoms with Gasteiger partial charge in [0.15, 0.2) is 0 Å². The van der Waals surface area contributed by atoms with Gasteiger partial charge in [-0.3, -0.25) is 5.32 Å². The lowest BCUT2D eigenvalue weighted by molar-refractivity contribution is 0.131. The van der Waals surface area contributed by atoms with Crippen LogP contribution >= 0.6 is 0 Å². The van der Waals surface area contributed by atoms with Crippen molar-refractivity contribution in [1.82, 2.24) is 5.32 Å². The summed E-state index contributed by atoms with van der Waals surface area (Å²) in [6.45, 7) is 6.29. The molecular formula is C10H21NO. The maximum absolute atomic E-state index is 9.20.